The van der Waals surface area contributed by atoms with E-state index < -0.39 is 0 Å². The molecule has 0 aliphatic heterocycles. The Balaban J connectivity index is 1.71. The van der Waals surface area contributed by atoms with Gasteiger partial charge in [-0.25, -0.2) is 4.79 Å². The number of hydrogen-bond acceptors (Lipinski definition) is 1. The summed E-state index contributed by atoms with van der Waals surface area (Å²) in [6.45, 7) is 0. The van der Waals surface area contributed by atoms with E-state index in [2.05, 4.69) is 10.6 Å². The van der Waals surface area contributed by atoms with E-state index in [0.717, 1.165) is 18.4 Å². The molecule has 0 aromatic heterocycles. The summed E-state index contributed by atoms with van der Waals surface area (Å²) in [6.07, 6.45) is 1.88. The third kappa shape index (κ3) is 3.14. The van der Waals surface area contributed by atoms with Crippen LogP contribution in [0.4, 0.5) is 10.5 Å². The van der Waals surface area contributed by atoms with Crippen LogP contribution in [0.25, 0.3) is 0 Å². The third-order valence-corrected chi connectivity index (χ3v) is 4.17. The van der Waals surface area contributed by atoms with Crippen molar-refractivity contribution in [2.75, 3.05) is 5.32 Å². The molecule has 0 heterocycles. The Kier molecular flexibility index (Phi) is 3.79. The molecule has 2 amide bonds. The van der Waals surface area contributed by atoms with Gasteiger partial charge in [-0.1, -0.05) is 53.5 Å². The van der Waals surface area contributed by atoms with Crippen molar-refractivity contribution in [3.05, 3.63) is 64.1 Å². The van der Waals surface area contributed by atoms with Crippen molar-refractivity contribution in [3.8, 4) is 0 Å². The second-order valence-electron chi connectivity index (χ2n) is 5.15. The Morgan fingerprint density at radius 3 is 2.43 bits per heavy atom. The molecule has 108 valence electrons. The highest BCUT2D eigenvalue weighted by Crippen LogP contribution is 2.45. The van der Waals surface area contributed by atoms with Gasteiger partial charge in [-0.3, -0.25) is 0 Å². The summed E-state index contributed by atoms with van der Waals surface area (Å²) in [5.41, 5.74) is 1.37. The fraction of sp³-hybridized carbons (Fsp3) is 0.188. The fourth-order valence-electron chi connectivity index (χ4n) is 2.33. The van der Waals surface area contributed by atoms with Gasteiger partial charge in [0.05, 0.1) is 16.2 Å². The molecule has 0 radical (unpaired) electrons. The molecule has 5 heteroatoms. The minimum absolute atomic E-state index is 0.254. The van der Waals surface area contributed by atoms with Crippen molar-refractivity contribution >= 4 is 34.9 Å². The van der Waals surface area contributed by atoms with Crippen molar-refractivity contribution in [1.29, 1.82) is 0 Å². The van der Waals surface area contributed by atoms with Crippen molar-refractivity contribution < 1.29 is 4.79 Å². The number of nitrogens with one attached hydrogen (secondary N) is 2. The van der Waals surface area contributed by atoms with Crippen LogP contribution in [-0.2, 0) is 5.54 Å². The maximum atomic E-state index is 12.2. The van der Waals surface area contributed by atoms with Gasteiger partial charge >= 0.3 is 6.03 Å². The van der Waals surface area contributed by atoms with Crippen molar-refractivity contribution in [3.63, 3.8) is 0 Å². The summed E-state index contributed by atoms with van der Waals surface area (Å²) in [6, 6.07) is 14.7. The predicted octanol–water partition coefficient (Wildman–Crippen LogP) is 4.80. The van der Waals surface area contributed by atoms with Crippen LogP contribution in [-0.4, -0.2) is 6.03 Å². The number of carbonyl (C=O) groups excluding carboxylic acids is 1. The zero-order chi connectivity index (χ0) is 14.9. The molecule has 1 aliphatic rings. The van der Waals surface area contributed by atoms with Crippen LogP contribution in [0.1, 0.15) is 18.4 Å². The third-order valence-electron chi connectivity index (χ3n) is 3.61. The van der Waals surface area contributed by atoms with Gasteiger partial charge in [0.2, 0.25) is 0 Å². The lowest BCUT2D eigenvalue weighted by Gasteiger charge is -2.18. The zero-order valence-electron chi connectivity index (χ0n) is 11.2. The van der Waals surface area contributed by atoms with Gasteiger partial charge in [-0.05, 0) is 36.6 Å². The average molecular weight is 321 g/mol. The molecule has 2 aromatic carbocycles. The van der Waals surface area contributed by atoms with E-state index in [-0.39, 0.29) is 11.6 Å². The number of urea groups is 1. The van der Waals surface area contributed by atoms with Crippen LogP contribution in [0.15, 0.2) is 48.5 Å². The SMILES string of the molecule is O=C(Nc1cc(Cl)ccc1Cl)NC1(c2ccccc2)CC1. The molecule has 3 nitrogen and oxygen atoms in total. The van der Waals surface area contributed by atoms with Crippen molar-refractivity contribution in [2.24, 2.45) is 0 Å². The van der Waals surface area contributed by atoms with Gasteiger partial charge in [0.25, 0.3) is 0 Å². The lowest BCUT2D eigenvalue weighted by atomic mass is 10.1. The Morgan fingerprint density at radius 1 is 1.05 bits per heavy atom. The standard InChI is InChI=1S/C16H14Cl2N2O/c17-12-6-7-13(18)14(10-12)19-15(21)20-16(8-9-16)11-4-2-1-3-5-11/h1-7,10H,8-9H2,(H2,19,20,21). The van der Waals surface area contributed by atoms with E-state index in [9.17, 15) is 4.79 Å². The molecule has 0 atom stereocenters. The van der Waals surface area contributed by atoms with Crippen LogP contribution in [0.3, 0.4) is 0 Å². The van der Waals surface area contributed by atoms with E-state index in [1.165, 1.54) is 0 Å². The Hall–Kier alpha value is -1.71. The second-order valence-corrected chi connectivity index (χ2v) is 6.00. The molecule has 0 saturated heterocycles. The lowest BCUT2D eigenvalue weighted by molar-refractivity contribution is 0.247. The smallest absolute Gasteiger partial charge is 0.319 e. The minimum Gasteiger partial charge on any atom is -0.328 e. The quantitative estimate of drug-likeness (QED) is 0.837. The minimum atomic E-state index is -0.277. The number of amides is 2. The van der Waals surface area contributed by atoms with E-state index >= 15 is 0 Å². The van der Waals surface area contributed by atoms with Gasteiger partial charge in [-0.15, -0.1) is 0 Å². The van der Waals surface area contributed by atoms with E-state index in [4.69, 9.17) is 23.2 Å². The normalized spacial score (nSPS) is 15.3. The molecule has 3 rings (SSSR count). The fourth-order valence-corrected chi connectivity index (χ4v) is 2.67. The first-order chi connectivity index (χ1) is 10.1. The average Bonchev–Trinajstić information content (AvgIpc) is 3.24. The maximum Gasteiger partial charge on any atom is 0.319 e. The summed E-state index contributed by atoms with van der Waals surface area (Å²) in [5, 5.41) is 6.76. The second kappa shape index (κ2) is 5.58. The van der Waals surface area contributed by atoms with Gasteiger partial charge in [0, 0.05) is 5.02 Å². The highest BCUT2D eigenvalue weighted by molar-refractivity contribution is 6.35. The molecule has 0 unspecified atom stereocenters. The monoisotopic (exact) mass is 320 g/mol. The van der Waals surface area contributed by atoms with Crippen molar-refractivity contribution in [1.82, 2.24) is 5.32 Å². The maximum absolute atomic E-state index is 12.2. The molecule has 2 aromatic rings. The number of benzene rings is 2. The molecule has 0 spiro atoms. The predicted molar refractivity (Wildman–Crippen MR) is 86.0 cm³/mol. The molecule has 1 fully saturated rings. The number of hydrogen-bond donors (Lipinski definition) is 2. The first-order valence-corrected chi connectivity index (χ1v) is 7.44. The first-order valence-electron chi connectivity index (χ1n) is 6.69. The van der Waals surface area contributed by atoms with Crippen LogP contribution in [0.2, 0.25) is 10.0 Å². The largest absolute Gasteiger partial charge is 0.328 e. The summed E-state index contributed by atoms with van der Waals surface area (Å²) in [5.74, 6) is 0. The van der Waals surface area contributed by atoms with E-state index in [1.54, 1.807) is 18.2 Å². The lowest BCUT2D eigenvalue weighted by Crippen LogP contribution is -2.38. The van der Waals surface area contributed by atoms with Crippen LogP contribution in [0, 0.1) is 0 Å². The van der Waals surface area contributed by atoms with Crippen LogP contribution < -0.4 is 10.6 Å². The summed E-state index contributed by atoms with van der Waals surface area (Å²) >= 11 is 12.0. The topological polar surface area (TPSA) is 41.1 Å². The van der Waals surface area contributed by atoms with Gasteiger partial charge < -0.3 is 10.6 Å². The van der Waals surface area contributed by atoms with Crippen LogP contribution in [0.5, 0.6) is 0 Å². The Bertz CT molecular complexity index is 669. The zero-order valence-corrected chi connectivity index (χ0v) is 12.7. The molecule has 1 aliphatic carbocycles. The van der Waals surface area contributed by atoms with Crippen molar-refractivity contribution in [2.45, 2.75) is 18.4 Å². The Morgan fingerprint density at radius 2 is 1.76 bits per heavy atom. The van der Waals surface area contributed by atoms with E-state index in [0.29, 0.717) is 15.7 Å². The molecular weight excluding hydrogens is 307 g/mol. The summed E-state index contributed by atoms with van der Waals surface area (Å²) < 4.78 is 0. The number of rotatable bonds is 3. The first kappa shape index (κ1) is 14.2. The Labute approximate surface area is 133 Å². The highest BCUT2D eigenvalue weighted by Gasteiger charge is 2.45. The van der Waals surface area contributed by atoms with Crippen LogP contribution >= 0.6 is 23.2 Å². The number of carbonyl (C=O) groups is 1. The molecule has 21 heavy (non-hydrogen) atoms. The molecule has 1 saturated carbocycles. The summed E-state index contributed by atoms with van der Waals surface area (Å²) in [4.78, 5) is 12.2. The number of anilines is 1. The van der Waals surface area contributed by atoms with E-state index in [1.807, 2.05) is 30.3 Å². The van der Waals surface area contributed by atoms with Gasteiger partial charge in [0.15, 0.2) is 0 Å². The number of halogens is 2. The van der Waals surface area contributed by atoms with Gasteiger partial charge in [0.1, 0.15) is 0 Å². The summed E-state index contributed by atoms with van der Waals surface area (Å²) in [7, 11) is 0. The van der Waals surface area contributed by atoms with Gasteiger partial charge in [-0.2, -0.15) is 0 Å². The molecule has 0 bridgehead atoms. The molecular formula is C16H14Cl2N2O. The highest BCUT2D eigenvalue weighted by atomic mass is 35.5. The molecule has 2 N–H and O–H groups in total.